The van der Waals surface area contributed by atoms with Gasteiger partial charge >= 0.3 is 0 Å². The first kappa shape index (κ1) is 9.92. The van der Waals surface area contributed by atoms with Crippen LogP contribution in [-0.4, -0.2) is 19.1 Å². The predicted molar refractivity (Wildman–Crippen MR) is 46.0 cm³/mol. The zero-order chi connectivity index (χ0) is 7.82. The Kier molecular flexibility index (Phi) is 6.98. The van der Waals surface area contributed by atoms with Crippen LogP contribution in [0.5, 0.6) is 0 Å². The molecule has 0 aromatic carbocycles. The molecule has 0 aromatic heterocycles. The number of unbranched alkanes of at least 4 members (excludes halogenated alkanes) is 1. The summed E-state index contributed by atoms with van der Waals surface area (Å²) in [7, 11) is 0. The highest BCUT2D eigenvalue weighted by atomic mass is 14.9. The van der Waals surface area contributed by atoms with Gasteiger partial charge in [-0.1, -0.05) is 26.7 Å². The van der Waals surface area contributed by atoms with E-state index in [1.807, 2.05) is 0 Å². The van der Waals surface area contributed by atoms with Gasteiger partial charge in [0.05, 0.1) is 0 Å². The minimum atomic E-state index is 0.546. The lowest BCUT2D eigenvalue weighted by molar-refractivity contribution is 0.483. The van der Waals surface area contributed by atoms with Crippen LogP contribution < -0.4 is 11.1 Å². The van der Waals surface area contributed by atoms with Crippen molar-refractivity contribution < 1.29 is 0 Å². The van der Waals surface area contributed by atoms with Gasteiger partial charge in [0.2, 0.25) is 0 Å². The van der Waals surface area contributed by atoms with E-state index in [4.69, 9.17) is 5.73 Å². The molecule has 0 amide bonds. The normalized spacial score (nSPS) is 13.5. The molecule has 2 nitrogen and oxygen atoms in total. The van der Waals surface area contributed by atoms with Gasteiger partial charge in [-0.05, 0) is 13.0 Å². The van der Waals surface area contributed by atoms with E-state index in [-0.39, 0.29) is 0 Å². The Morgan fingerprint density at radius 2 is 2.10 bits per heavy atom. The minimum Gasteiger partial charge on any atom is -0.329 e. The van der Waals surface area contributed by atoms with E-state index < -0.39 is 0 Å². The van der Waals surface area contributed by atoms with E-state index in [9.17, 15) is 0 Å². The maximum atomic E-state index is 5.54. The largest absolute Gasteiger partial charge is 0.329 e. The topological polar surface area (TPSA) is 38.0 Å². The molecule has 0 fully saturated rings. The van der Waals surface area contributed by atoms with Crippen molar-refractivity contribution in [2.45, 2.75) is 39.2 Å². The van der Waals surface area contributed by atoms with Crippen molar-refractivity contribution in [3.05, 3.63) is 0 Å². The van der Waals surface area contributed by atoms with Crippen molar-refractivity contribution in [2.24, 2.45) is 5.73 Å². The van der Waals surface area contributed by atoms with Crippen LogP contribution in [0.15, 0.2) is 0 Å². The number of nitrogens with two attached hydrogens (primary N) is 1. The fraction of sp³-hybridized carbons (Fsp3) is 1.00. The molecule has 3 N–H and O–H groups in total. The Morgan fingerprint density at radius 3 is 2.50 bits per heavy atom. The molecule has 0 heterocycles. The molecular formula is C8H20N2. The summed E-state index contributed by atoms with van der Waals surface area (Å²) < 4.78 is 0. The summed E-state index contributed by atoms with van der Waals surface area (Å²) in [4.78, 5) is 0. The molecule has 0 aromatic rings. The lowest BCUT2D eigenvalue weighted by Gasteiger charge is -2.14. The first-order chi connectivity index (χ1) is 4.85. The van der Waals surface area contributed by atoms with Crippen molar-refractivity contribution in [3.63, 3.8) is 0 Å². The SMILES string of the molecule is CCCCC(CN)NCC. The molecule has 0 bridgehead atoms. The van der Waals surface area contributed by atoms with Gasteiger partial charge in [-0.15, -0.1) is 0 Å². The van der Waals surface area contributed by atoms with Crippen LogP contribution in [-0.2, 0) is 0 Å². The van der Waals surface area contributed by atoms with Gasteiger partial charge in [0.15, 0.2) is 0 Å². The third-order valence-corrected chi connectivity index (χ3v) is 1.68. The van der Waals surface area contributed by atoms with E-state index in [0.717, 1.165) is 13.1 Å². The molecule has 0 saturated carbocycles. The maximum absolute atomic E-state index is 5.54. The molecule has 0 spiro atoms. The highest BCUT2D eigenvalue weighted by molar-refractivity contribution is 4.65. The molecule has 0 radical (unpaired) electrons. The molecule has 0 aliphatic carbocycles. The second-order valence-electron chi connectivity index (χ2n) is 2.63. The molecule has 0 rings (SSSR count). The summed E-state index contributed by atoms with van der Waals surface area (Å²) in [6.07, 6.45) is 3.78. The predicted octanol–water partition coefficient (Wildman–Crippen LogP) is 1.11. The summed E-state index contributed by atoms with van der Waals surface area (Å²) in [5.41, 5.74) is 5.54. The maximum Gasteiger partial charge on any atom is 0.0190 e. The Balaban J connectivity index is 3.21. The highest BCUT2D eigenvalue weighted by Gasteiger charge is 2.01. The Morgan fingerprint density at radius 1 is 1.40 bits per heavy atom. The van der Waals surface area contributed by atoms with Gasteiger partial charge in [0.25, 0.3) is 0 Å². The Hall–Kier alpha value is -0.0800. The summed E-state index contributed by atoms with van der Waals surface area (Å²) in [6, 6.07) is 0.546. The van der Waals surface area contributed by atoms with Gasteiger partial charge in [0, 0.05) is 12.6 Å². The van der Waals surface area contributed by atoms with Gasteiger partial charge < -0.3 is 11.1 Å². The number of likely N-dealkylation sites (N-methyl/N-ethyl adjacent to an activating group) is 1. The standard InChI is InChI=1S/C8H20N2/c1-3-5-6-8(7-9)10-4-2/h8,10H,3-7,9H2,1-2H3. The van der Waals surface area contributed by atoms with Crippen molar-refractivity contribution in [1.82, 2.24) is 5.32 Å². The van der Waals surface area contributed by atoms with Crippen LogP contribution in [0.3, 0.4) is 0 Å². The third kappa shape index (κ3) is 4.77. The number of rotatable bonds is 6. The lowest BCUT2D eigenvalue weighted by atomic mass is 10.1. The zero-order valence-corrected chi connectivity index (χ0v) is 7.19. The Labute approximate surface area is 64.2 Å². The van der Waals surface area contributed by atoms with Crippen LogP contribution in [0.2, 0.25) is 0 Å². The number of hydrogen-bond donors (Lipinski definition) is 2. The van der Waals surface area contributed by atoms with Crippen LogP contribution in [0.1, 0.15) is 33.1 Å². The molecule has 1 atom stereocenters. The molecule has 0 aliphatic heterocycles. The van der Waals surface area contributed by atoms with Crippen molar-refractivity contribution >= 4 is 0 Å². The minimum absolute atomic E-state index is 0.546. The van der Waals surface area contributed by atoms with Crippen LogP contribution in [0, 0.1) is 0 Å². The Bertz CT molecular complexity index is 64.3. The van der Waals surface area contributed by atoms with E-state index in [2.05, 4.69) is 19.2 Å². The van der Waals surface area contributed by atoms with E-state index in [0.29, 0.717) is 6.04 Å². The lowest BCUT2D eigenvalue weighted by Crippen LogP contribution is -2.35. The molecule has 62 valence electrons. The highest BCUT2D eigenvalue weighted by Crippen LogP contribution is 1.98. The molecule has 0 aliphatic rings. The van der Waals surface area contributed by atoms with Crippen molar-refractivity contribution in [1.29, 1.82) is 0 Å². The molecule has 1 unspecified atom stereocenters. The average molecular weight is 144 g/mol. The summed E-state index contributed by atoms with van der Waals surface area (Å²) in [6.45, 7) is 6.13. The fourth-order valence-electron chi connectivity index (χ4n) is 1.04. The average Bonchev–Trinajstić information content (AvgIpc) is 1.98. The third-order valence-electron chi connectivity index (χ3n) is 1.68. The van der Waals surface area contributed by atoms with Crippen LogP contribution in [0.4, 0.5) is 0 Å². The van der Waals surface area contributed by atoms with E-state index in [1.165, 1.54) is 19.3 Å². The number of hydrogen-bond acceptors (Lipinski definition) is 2. The van der Waals surface area contributed by atoms with Gasteiger partial charge in [-0.25, -0.2) is 0 Å². The summed E-state index contributed by atoms with van der Waals surface area (Å²) in [5, 5.41) is 3.34. The van der Waals surface area contributed by atoms with Crippen LogP contribution >= 0.6 is 0 Å². The zero-order valence-electron chi connectivity index (χ0n) is 7.19. The van der Waals surface area contributed by atoms with Crippen molar-refractivity contribution in [2.75, 3.05) is 13.1 Å². The van der Waals surface area contributed by atoms with Gasteiger partial charge in [0.1, 0.15) is 0 Å². The van der Waals surface area contributed by atoms with E-state index >= 15 is 0 Å². The van der Waals surface area contributed by atoms with Gasteiger partial charge in [-0.3, -0.25) is 0 Å². The second-order valence-corrected chi connectivity index (χ2v) is 2.63. The summed E-state index contributed by atoms with van der Waals surface area (Å²) in [5.74, 6) is 0. The number of nitrogens with one attached hydrogen (secondary N) is 1. The van der Waals surface area contributed by atoms with Gasteiger partial charge in [-0.2, -0.15) is 0 Å². The van der Waals surface area contributed by atoms with Crippen molar-refractivity contribution in [3.8, 4) is 0 Å². The molecule has 10 heavy (non-hydrogen) atoms. The fourth-order valence-corrected chi connectivity index (χ4v) is 1.04. The molecule has 2 heteroatoms. The first-order valence-electron chi connectivity index (χ1n) is 4.28. The van der Waals surface area contributed by atoms with Crippen LogP contribution in [0.25, 0.3) is 0 Å². The molecule has 0 saturated heterocycles. The smallest absolute Gasteiger partial charge is 0.0190 e. The quantitative estimate of drug-likeness (QED) is 0.586. The van der Waals surface area contributed by atoms with E-state index in [1.54, 1.807) is 0 Å². The first-order valence-corrected chi connectivity index (χ1v) is 4.28. The summed E-state index contributed by atoms with van der Waals surface area (Å²) >= 11 is 0. The monoisotopic (exact) mass is 144 g/mol. The second kappa shape index (κ2) is 7.03. The molecular weight excluding hydrogens is 124 g/mol.